The molecule has 1 aliphatic rings. The van der Waals surface area contributed by atoms with Crippen LogP contribution in [0.3, 0.4) is 0 Å². The van der Waals surface area contributed by atoms with E-state index >= 15 is 0 Å². The average molecular weight is 240 g/mol. The number of nitrogens with one attached hydrogen (secondary N) is 1. The maximum absolute atomic E-state index is 3.56. The summed E-state index contributed by atoms with van der Waals surface area (Å²) in [6.45, 7) is 12.7. The van der Waals surface area contributed by atoms with E-state index in [0.29, 0.717) is 5.41 Å². The zero-order valence-corrected chi connectivity index (χ0v) is 12.6. The van der Waals surface area contributed by atoms with E-state index in [1.165, 1.54) is 38.6 Å². The van der Waals surface area contributed by atoms with E-state index in [1.807, 2.05) is 0 Å². The van der Waals surface area contributed by atoms with Gasteiger partial charge >= 0.3 is 0 Å². The summed E-state index contributed by atoms with van der Waals surface area (Å²) in [6.07, 6.45) is 7.16. The molecule has 1 fully saturated rings. The van der Waals surface area contributed by atoms with Gasteiger partial charge in [-0.05, 0) is 46.1 Å². The minimum Gasteiger partial charge on any atom is -0.311 e. The first-order valence-corrected chi connectivity index (χ1v) is 7.24. The Morgan fingerprint density at radius 3 is 2.24 bits per heavy atom. The molecule has 2 heteroatoms. The Morgan fingerprint density at radius 2 is 1.71 bits per heavy atom. The van der Waals surface area contributed by atoms with E-state index < -0.39 is 0 Å². The molecule has 102 valence electrons. The van der Waals surface area contributed by atoms with Crippen molar-refractivity contribution in [2.45, 2.75) is 65.3 Å². The number of likely N-dealkylation sites (N-methyl/N-ethyl adjacent to an activating group) is 1. The Morgan fingerprint density at radius 1 is 1.12 bits per heavy atom. The molecule has 0 aromatic heterocycles. The van der Waals surface area contributed by atoms with Gasteiger partial charge in [0.25, 0.3) is 0 Å². The molecule has 17 heavy (non-hydrogen) atoms. The molecular formula is C15H32N2. The minimum atomic E-state index is 0.246. The van der Waals surface area contributed by atoms with Gasteiger partial charge in [0.2, 0.25) is 0 Å². The van der Waals surface area contributed by atoms with Crippen molar-refractivity contribution in [1.29, 1.82) is 0 Å². The first kappa shape index (κ1) is 15.0. The molecule has 0 radical (unpaired) electrons. The molecule has 0 spiro atoms. The lowest BCUT2D eigenvalue weighted by atomic mass is 9.75. The molecule has 0 heterocycles. The molecule has 0 saturated heterocycles. The molecule has 1 saturated carbocycles. The van der Waals surface area contributed by atoms with Crippen molar-refractivity contribution in [1.82, 2.24) is 10.2 Å². The zero-order chi connectivity index (χ0) is 12.9. The van der Waals surface area contributed by atoms with Crippen molar-refractivity contribution < 1.29 is 0 Å². The second-order valence-electron chi connectivity index (χ2n) is 7.29. The van der Waals surface area contributed by atoms with Gasteiger partial charge < -0.3 is 10.2 Å². The van der Waals surface area contributed by atoms with Gasteiger partial charge in [0.05, 0.1) is 0 Å². The van der Waals surface area contributed by atoms with Crippen molar-refractivity contribution in [3.8, 4) is 0 Å². The highest BCUT2D eigenvalue weighted by atomic mass is 15.1. The van der Waals surface area contributed by atoms with Crippen LogP contribution in [0.25, 0.3) is 0 Å². The Bertz CT molecular complexity index is 211. The van der Waals surface area contributed by atoms with Crippen LogP contribution in [0.2, 0.25) is 0 Å². The van der Waals surface area contributed by atoms with Gasteiger partial charge in [-0.2, -0.15) is 0 Å². The fraction of sp³-hybridized carbons (Fsp3) is 1.00. The fourth-order valence-corrected chi connectivity index (χ4v) is 2.92. The van der Waals surface area contributed by atoms with Crippen LogP contribution in [0, 0.1) is 5.41 Å². The smallest absolute Gasteiger partial charge is 0.0104 e. The summed E-state index contributed by atoms with van der Waals surface area (Å²) in [6, 6.07) is 0. The average Bonchev–Trinajstić information content (AvgIpc) is 2.15. The van der Waals surface area contributed by atoms with E-state index in [4.69, 9.17) is 0 Å². The highest BCUT2D eigenvalue weighted by molar-refractivity contribution is 4.81. The van der Waals surface area contributed by atoms with E-state index in [2.05, 4.69) is 45.0 Å². The summed E-state index contributed by atoms with van der Waals surface area (Å²) in [5, 5.41) is 3.56. The quantitative estimate of drug-likeness (QED) is 0.793. The molecule has 0 aromatic rings. The molecule has 0 aliphatic heterocycles. The maximum Gasteiger partial charge on any atom is 0.0104 e. The van der Waals surface area contributed by atoms with E-state index in [0.717, 1.165) is 13.1 Å². The largest absolute Gasteiger partial charge is 0.311 e. The molecule has 0 bridgehead atoms. The van der Waals surface area contributed by atoms with Crippen LogP contribution >= 0.6 is 0 Å². The van der Waals surface area contributed by atoms with Crippen LogP contribution in [0.1, 0.15) is 59.8 Å². The highest BCUT2D eigenvalue weighted by Crippen LogP contribution is 2.36. The molecule has 2 nitrogen and oxygen atoms in total. The molecule has 1 N–H and O–H groups in total. The first-order chi connectivity index (χ1) is 7.81. The van der Waals surface area contributed by atoms with Gasteiger partial charge in [0.15, 0.2) is 0 Å². The summed E-state index contributed by atoms with van der Waals surface area (Å²) in [7, 11) is 2.27. The highest BCUT2D eigenvalue weighted by Gasteiger charge is 2.27. The van der Waals surface area contributed by atoms with Crippen LogP contribution in [0.15, 0.2) is 0 Å². The van der Waals surface area contributed by atoms with Gasteiger partial charge in [-0.3, -0.25) is 0 Å². The molecular weight excluding hydrogens is 208 g/mol. The predicted molar refractivity (Wildman–Crippen MR) is 76.4 cm³/mol. The SMILES string of the molecule is CN(CCNC(C)(C)C)CC1(C)CCCCC1. The van der Waals surface area contributed by atoms with Crippen LogP contribution in [-0.4, -0.2) is 37.1 Å². The molecule has 0 amide bonds. The topological polar surface area (TPSA) is 15.3 Å². The van der Waals surface area contributed by atoms with Gasteiger partial charge in [-0.1, -0.05) is 26.2 Å². The fourth-order valence-electron chi connectivity index (χ4n) is 2.92. The maximum atomic E-state index is 3.56. The van der Waals surface area contributed by atoms with Crippen LogP contribution in [-0.2, 0) is 0 Å². The van der Waals surface area contributed by atoms with E-state index in [9.17, 15) is 0 Å². The monoisotopic (exact) mass is 240 g/mol. The van der Waals surface area contributed by atoms with Gasteiger partial charge in [-0.25, -0.2) is 0 Å². The van der Waals surface area contributed by atoms with E-state index in [1.54, 1.807) is 0 Å². The second kappa shape index (κ2) is 6.19. The minimum absolute atomic E-state index is 0.246. The summed E-state index contributed by atoms with van der Waals surface area (Å²) in [5.74, 6) is 0. The molecule has 1 aliphatic carbocycles. The second-order valence-corrected chi connectivity index (χ2v) is 7.29. The lowest BCUT2D eigenvalue weighted by molar-refractivity contribution is 0.138. The van der Waals surface area contributed by atoms with Crippen molar-refractivity contribution in [3.63, 3.8) is 0 Å². The lowest BCUT2D eigenvalue weighted by Crippen LogP contribution is -2.43. The van der Waals surface area contributed by atoms with Crippen molar-refractivity contribution in [3.05, 3.63) is 0 Å². The third-order valence-electron chi connectivity index (χ3n) is 3.86. The van der Waals surface area contributed by atoms with Crippen molar-refractivity contribution >= 4 is 0 Å². The van der Waals surface area contributed by atoms with Gasteiger partial charge in [-0.15, -0.1) is 0 Å². The number of hydrogen-bond donors (Lipinski definition) is 1. The van der Waals surface area contributed by atoms with Crippen LogP contribution in [0.4, 0.5) is 0 Å². The normalized spacial score (nSPS) is 20.8. The van der Waals surface area contributed by atoms with Crippen LogP contribution < -0.4 is 5.32 Å². The number of nitrogens with zero attached hydrogens (tertiary/aromatic N) is 1. The van der Waals surface area contributed by atoms with Crippen molar-refractivity contribution in [2.24, 2.45) is 5.41 Å². The Labute approximate surface area is 108 Å². The van der Waals surface area contributed by atoms with Gasteiger partial charge in [0, 0.05) is 25.2 Å². The molecule has 0 aromatic carbocycles. The lowest BCUT2D eigenvalue weighted by Gasteiger charge is -2.37. The first-order valence-electron chi connectivity index (χ1n) is 7.24. The number of rotatable bonds is 5. The molecule has 1 rings (SSSR count). The summed E-state index contributed by atoms with van der Waals surface area (Å²) >= 11 is 0. The molecule has 0 atom stereocenters. The zero-order valence-electron chi connectivity index (χ0n) is 12.6. The Balaban J connectivity index is 2.21. The standard InChI is InChI=1S/C15H32N2/c1-14(2,3)16-11-12-17(5)13-15(4)9-7-6-8-10-15/h16H,6-13H2,1-5H3. The number of hydrogen-bond acceptors (Lipinski definition) is 2. The summed E-state index contributed by atoms with van der Waals surface area (Å²) in [4.78, 5) is 2.50. The summed E-state index contributed by atoms with van der Waals surface area (Å²) in [5.41, 5.74) is 0.824. The van der Waals surface area contributed by atoms with E-state index in [-0.39, 0.29) is 5.54 Å². The van der Waals surface area contributed by atoms with Crippen LogP contribution in [0.5, 0.6) is 0 Å². The summed E-state index contributed by atoms with van der Waals surface area (Å²) < 4.78 is 0. The third kappa shape index (κ3) is 6.42. The molecule has 0 unspecified atom stereocenters. The third-order valence-corrected chi connectivity index (χ3v) is 3.86. The Kier molecular flexibility index (Phi) is 5.46. The van der Waals surface area contributed by atoms with Gasteiger partial charge in [0.1, 0.15) is 0 Å². The predicted octanol–water partition coefficient (Wildman–Crippen LogP) is 3.28. The Hall–Kier alpha value is -0.0800. The van der Waals surface area contributed by atoms with Crippen molar-refractivity contribution in [2.75, 3.05) is 26.7 Å².